The molecule has 0 radical (unpaired) electrons. The highest BCUT2D eigenvalue weighted by Gasteiger charge is 2.26. The van der Waals surface area contributed by atoms with Crippen LogP contribution in [0.25, 0.3) is 5.82 Å². The summed E-state index contributed by atoms with van der Waals surface area (Å²) in [6.07, 6.45) is 4.64. The monoisotopic (exact) mass is 297 g/mol. The lowest BCUT2D eigenvalue weighted by Crippen LogP contribution is -2.27. The van der Waals surface area contributed by atoms with Gasteiger partial charge in [-0.2, -0.15) is 0 Å². The molecule has 1 aliphatic heterocycles. The van der Waals surface area contributed by atoms with Crippen LogP contribution in [-0.4, -0.2) is 27.5 Å². The van der Waals surface area contributed by atoms with Gasteiger partial charge in [0.25, 0.3) is 0 Å². The third kappa shape index (κ3) is 2.95. The van der Waals surface area contributed by atoms with E-state index < -0.39 is 0 Å². The molecule has 2 aromatic heterocycles. The minimum absolute atomic E-state index is 0.552. The maximum atomic E-state index is 4.74. The average molecular weight is 297 g/mol. The quantitative estimate of drug-likeness (QED) is 0.839. The fraction of sp³-hybridized carbons (Fsp3) is 0.526. The summed E-state index contributed by atoms with van der Waals surface area (Å²) < 4.78 is 2.21. The second kappa shape index (κ2) is 6.25. The molecule has 0 unspecified atom stereocenters. The van der Waals surface area contributed by atoms with E-state index >= 15 is 0 Å². The third-order valence-electron chi connectivity index (χ3n) is 4.62. The van der Waals surface area contributed by atoms with Gasteiger partial charge < -0.3 is 4.57 Å². The summed E-state index contributed by atoms with van der Waals surface area (Å²) in [6, 6.07) is 9.28. The predicted molar refractivity (Wildman–Crippen MR) is 91.4 cm³/mol. The number of pyridine rings is 1. The van der Waals surface area contributed by atoms with Crippen molar-refractivity contribution < 1.29 is 0 Å². The number of hydrogen-bond donors (Lipinski definition) is 0. The zero-order chi connectivity index (χ0) is 15.7. The van der Waals surface area contributed by atoms with E-state index in [0.29, 0.717) is 6.04 Å². The number of hydrogen-bond acceptors (Lipinski definition) is 2. The first kappa shape index (κ1) is 15.3. The van der Waals surface area contributed by atoms with Crippen LogP contribution in [0.15, 0.2) is 30.5 Å². The number of likely N-dealkylation sites (tertiary alicyclic amines) is 1. The molecule has 3 heteroatoms. The van der Waals surface area contributed by atoms with Gasteiger partial charge in [0.05, 0.1) is 0 Å². The second-order valence-corrected chi connectivity index (χ2v) is 6.95. The molecule has 1 saturated heterocycles. The standard InChI is InChI=1S/C19H27N3/c1-14(2)13-21-11-5-6-18(21)17-9-10-19(20-12-17)22-15(3)7-8-16(22)4/h7-10,12,14,18H,5-6,11,13H2,1-4H3/t18-/m0/s1. The van der Waals surface area contributed by atoms with Crippen LogP contribution >= 0.6 is 0 Å². The van der Waals surface area contributed by atoms with E-state index in [9.17, 15) is 0 Å². The van der Waals surface area contributed by atoms with Crippen molar-refractivity contribution in [1.82, 2.24) is 14.5 Å². The molecule has 2 aromatic rings. The van der Waals surface area contributed by atoms with Crippen molar-refractivity contribution in [3.05, 3.63) is 47.4 Å². The molecule has 1 aliphatic rings. The molecule has 1 fully saturated rings. The highest BCUT2D eigenvalue weighted by molar-refractivity contribution is 5.33. The Balaban J connectivity index is 1.82. The molecule has 1 atom stereocenters. The number of nitrogens with zero attached hydrogens (tertiary/aromatic N) is 3. The molecule has 3 nitrogen and oxygen atoms in total. The summed E-state index contributed by atoms with van der Waals surface area (Å²) in [5.41, 5.74) is 3.84. The van der Waals surface area contributed by atoms with Crippen LogP contribution < -0.4 is 0 Å². The van der Waals surface area contributed by atoms with Gasteiger partial charge in [-0.25, -0.2) is 4.98 Å². The zero-order valence-corrected chi connectivity index (χ0v) is 14.2. The van der Waals surface area contributed by atoms with Gasteiger partial charge in [0.15, 0.2) is 0 Å². The number of aryl methyl sites for hydroxylation is 2. The van der Waals surface area contributed by atoms with Crippen molar-refractivity contribution in [2.45, 2.75) is 46.6 Å². The van der Waals surface area contributed by atoms with Gasteiger partial charge in [-0.3, -0.25) is 4.90 Å². The molecule has 0 spiro atoms. The Kier molecular flexibility index (Phi) is 4.34. The Bertz CT molecular complexity index is 605. The smallest absolute Gasteiger partial charge is 0.136 e. The Hall–Kier alpha value is -1.61. The number of rotatable bonds is 4. The van der Waals surface area contributed by atoms with Crippen LogP contribution in [0.5, 0.6) is 0 Å². The largest absolute Gasteiger partial charge is 0.303 e. The molecule has 3 rings (SSSR count). The molecule has 0 aromatic carbocycles. The fourth-order valence-corrected chi connectivity index (χ4v) is 3.65. The van der Waals surface area contributed by atoms with Crippen LogP contribution in [0, 0.1) is 19.8 Å². The zero-order valence-electron chi connectivity index (χ0n) is 14.2. The maximum Gasteiger partial charge on any atom is 0.136 e. The lowest BCUT2D eigenvalue weighted by molar-refractivity contribution is 0.228. The molecular weight excluding hydrogens is 270 g/mol. The summed E-state index contributed by atoms with van der Waals surface area (Å²) in [6.45, 7) is 11.3. The van der Waals surface area contributed by atoms with E-state index in [1.54, 1.807) is 0 Å². The number of aromatic nitrogens is 2. The van der Waals surface area contributed by atoms with Gasteiger partial charge in [-0.1, -0.05) is 19.9 Å². The molecule has 0 amide bonds. The summed E-state index contributed by atoms with van der Waals surface area (Å²) in [4.78, 5) is 7.36. The van der Waals surface area contributed by atoms with Crippen molar-refractivity contribution in [3.8, 4) is 5.82 Å². The van der Waals surface area contributed by atoms with Crippen molar-refractivity contribution in [3.63, 3.8) is 0 Å². The highest BCUT2D eigenvalue weighted by atomic mass is 15.2. The highest BCUT2D eigenvalue weighted by Crippen LogP contribution is 2.32. The lowest BCUT2D eigenvalue weighted by atomic mass is 10.1. The van der Waals surface area contributed by atoms with E-state index in [1.165, 1.54) is 42.9 Å². The second-order valence-electron chi connectivity index (χ2n) is 6.95. The van der Waals surface area contributed by atoms with E-state index in [4.69, 9.17) is 4.98 Å². The Labute approximate surface area is 134 Å². The van der Waals surface area contributed by atoms with Crippen molar-refractivity contribution >= 4 is 0 Å². The Morgan fingerprint density at radius 3 is 2.45 bits per heavy atom. The van der Waals surface area contributed by atoms with Gasteiger partial charge in [0, 0.05) is 30.2 Å². The average Bonchev–Trinajstić information content (AvgIpc) is 3.06. The molecule has 22 heavy (non-hydrogen) atoms. The van der Waals surface area contributed by atoms with E-state index in [2.05, 4.69) is 67.6 Å². The van der Waals surface area contributed by atoms with Crippen LogP contribution in [0.4, 0.5) is 0 Å². The maximum absolute atomic E-state index is 4.74. The van der Waals surface area contributed by atoms with Gasteiger partial charge in [0.2, 0.25) is 0 Å². The molecule has 118 valence electrons. The topological polar surface area (TPSA) is 21.1 Å². The van der Waals surface area contributed by atoms with Crippen molar-refractivity contribution in [2.75, 3.05) is 13.1 Å². The first-order chi connectivity index (χ1) is 10.6. The molecule has 0 N–H and O–H groups in total. The SMILES string of the molecule is Cc1ccc(C)n1-c1ccc([C@@H]2CCCN2CC(C)C)cn1. The van der Waals surface area contributed by atoms with Gasteiger partial charge in [0.1, 0.15) is 5.82 Å². The summed E-state index contributed by atoms with van der Waals surface area (Å²) >= 11 is 0. The third-order valence-corrected chi connectivity index (χ3v) is 4.62. The lowest BCUT2D eigenvalue weighted by Gasteiger charge is -2.26. The predicted octanol–water partition coefficient (Wildman–Crippen LogP) is 4.28. The summed E-state index contributed by atoms with van der Waals surface area (Å²) in [5, 5.41) is 0. The van der Waals surface area contributed by atoms with Gasteiger partial charge >= 0.3 is 0 Å². The normalized spacial score (nSPS) is 19.2. The molecule has 0 bridgehead atoms. The Morgan fingerprint density at radius 1 is 1.14 bits per heavy atom. The van der Waals surface area contributed by atoms with Crippen LogP contribution in [-0.2, 0) is 0 Å². The van der Waals surface area contributed by atoms with Gasteiger partial charge in [-0.15, -0.1) is 0 Å². The molecular formula is C19H27N3. The molecule has 3 heterocycles. The summed E-state index contributed by atoms with van der Waals surface area (Å²) in [5.74, 6) is 1.75. The Morgan fingerprint density at radius 2 is 1.86 bits per heavy atom. The minimum Gasteiger partial charge on any atom is -0.303 e. The van der Waals surface area contributed by atoms with Crippen molar-refractivity contribution in [2.24, 2.45) is 5.92 Å². The van der Waals surface area contributed by atoms with E-state index in [-0.39, 0.29) is 0 Å². The van der Waals surface area contributed by atoms with E-state index in [0.717, 1.165) is 11.7 Å². The van der Waals surface area contributed by atoms with E-state index in [1.807, 2.05) is 0 Å². The van der Waals surface area contributed by atoms with Crippen LogP contribution in [0.1, 0.15) is 49.7 Å². The minimum atomic E-state index is 0.552. The molecule has 0 aliphatic carbocycles. The first-order valence-corrected chi connectivity index (χ1v) is 8.41. The van der Waals surface area contributed by atoms with Crippen LogP contribution in [0.3, 0.4) is 0 Å². The van der Waals surface area contributed by atoms with Crippen LogP contribution in [0.2, 0.25) is 0 Å². The summed E-state index contributed by atoms with van der Waals surface area (Å²) in [7, 11) is 0. The fourth-order valence-electron chi connectivity index (χ4n) is 3.65. The van der Waals surface area contributed by atoms with Crippen molar-refractivity contribution in [1.29, 1.82) is 0 Å². The molecule has 0 saturated carbocycles. The van der Waals surface area contributed by atoms with Gasteiger partial charge in [-0.05, 0) is 62.9 Å². The first-order valence-electron chi connectivity index (χ1n) is 8.41.